The molecule has 2 aromatic carbocycles. The Morgan fingerprint density at radius 3 is 2.68 bits per heavy atom. The molecule has 1 aliphatic heterocycles. The number of nitrogens with zero attached hydrogens (tertiary/aromatic N) is 2. The molecule has 1 amide bonds. The molecule has 0 saturated heterocycles. The number of para-hydroxylation sites is 1. The van der Waals surface area contributed by atoms with Gasteiger partial charge in [-0.2, -0.15) is 5.10 Å². The van der Waals surface area contributed by atoms with Crippen LogP contribution in [0.3, 0.4) is 0 Å². The third kappa shape index (κ3) is 3.97. The Hall–Kier alpha value is -4.14. The molecule has 1 aliphatic rings. The van der Waals surface area contributed by atoms with E-state index in [2.05, 4.69) is 10.4 Å². The Morgan fingerprint density at radius 2 is 1.87 bits per heavy atom. The van der Waals surface area contributed by atoms with Crippen LogP contribution >= 0.6 is 0 Å². The molecule has 1 aromatic heterocycles. The summed E-state index contributed by atoms with van der Waals surface area (Å²) in [6.45, 7) is 1.70. The quantitative estimate of drug-likeness (QED) is 0.631. The Kier molecular flexibility index (Phi) is 5.40. The van der Waals surface area contributed by atoms with Crippen LogP contribution < -0.4 is 20.3 Å². The fourth-order valence-electron chi connectivity index (χ4n) is 3.14. The lowest BCUT2D eigenvalue weighted by Gasteiger charge is -2.16. The minimum atomic E-state index is -0.938. The molecular formula is C22H19N3O6. The van der Waals surface area contributed by atoms with E-state index in [1.54, 1.807) is 49.4 Å². The summed E-state index contributed by atoms with van der Waals surface area (Å²) < 4.78 is 16.5. The van der Waals surface area contributed by atoms with Gasteiger partial charge in [-0.3, -0.25) is 9.59 Å². The van der Waals surface area contributed by atoms with Gasteiger partial charge in [0, 0.05) is 11.6 Å². The SMILES string of the molecule is COC(=O)c1ccccc1NC(=O)C(C)n1nc(-c2ccc3c(c2)OCO3)ccc1=O. The third-order valence-corrected chi connectivity index (χ3v) is 4.83. The second-order valence-corrected chi connectivity index (χ2v) is 6.77. The molecule has 0 aliphatic carbocycles. The number of esters is 1. The minimum absolute atomic E-state index is 0.149. The molecule has 0 saturated carbocycles. The van der Waals surface area contributed by atoms with Gasteiger partial charge in [-0.1, -0.05) is 12.1 Å². The number of hydrogen-bond acceptors (Lipinski definition) is 7. The van der Waals surface area contributed by atoms with Crippen LogP contribution in [0.4, 0.5) is 5.69 Å². The summed E-state index contributed by atoms with van der Waals surface area (Å²) in [7, 11) is 1.26. The number of methoxy groups -OCH3 is 1. The first-order valence-electron chi connectivity index (χ1n) is 9.46. The first-order valence-corrected chi connectivity index (χ1v) is 9.46. The van der Waals surface area contributed by atoms with E-state index in [-0.39, 0.29) is 18.0 Å². The maximum absolute atomic E-state index is 12.8. The van der Waals surface area contributed by atoms with Crippen molar-refractivity contribution in [2.45, 2.75) is 13.0 Å². The van der Waals surface area contributed by atoms with Crippen molar-refractivity contribution in [2.75, 3.05) is 19.2 Å². The number of carbonyl (C=O) groups excluding carboxylic acids is 2. The van der Waals surface area contributed by atoms with Crippen molar-refractivity contribution in [1.82, 2.24) is 9.78 Å². The lowest BCUT2D eigenvalue weighted by Crippen LogP contribution is -2.33. The second-order valence-electron chi connectivity index (χ2n) is 6.77. The zero-order valence-corrected chi connectivity index (χ0v) is 16.8. The summed E-state index contributed by atoms with van der Waals surface area (Å²) >= 11 is 0. The van der Waals surface area contributed by atoms with Gasteiger partial charge < -0.3 is 19.5 Å². The van der Waals surface area contributed by atoms with Crippen molar-refractivity contribution in [2.24, 2.45) is 0 Å². The highest BCUT2D eigenvalue weighted by molar-refractivity contribution is 6.02. The molecule has 31 heavy (non-hydrogen) atoms. The average molecular weight is 421 g/mol. The molecule has 1 atom stereocenters. The highest BCUT2D eigenvalue weighted by atomic mass is 16.7. The molecule has 2 heterocycles. The molecule has 0 bridgehead atoms. The first-order chi connectivity index (χ1) is 15.0. The van der Waals surface area contributed by atoms with Gasteiger partial charge in [-0.25, -0.2) is 9.48 Å². The number of rotatable bonds is 5. The Labute approximate surface area is 177 Å². The molecule has 9 nitrogen and oxygen atoms in total. The highest BCUT2D eigenvalue weighted by Gasteiger charge is 2.21. The summed E-state index contributed by atoms with van der Waals surface area (Å²) in [6, 6.07) is 13.8. The maximum atomic E-state index is 12.8. The largest absolute Gasteiger partial charge is 0.465 e. The van der Waals surface area contributed by atoms with Crippen molar-refractivity contribution in [1.29, 1.82) is 0 Å². The standard InChI is InChI=1S/C22H19N3O6/c1-13(21(27)23-17-6-4-3-5-15(17)22(28)29-2)25-20(26)10-8-16(24-25)14-7-9-18-19(11-14)31-12-30-18/h3-11,13H,12H2,1-2H3,(H,23,27). The zero-order chi connectivity index (χ0) is 22.0. The number of ether oxygens (including phenoxy) is 3. The van der Waals surface area contributed by atoms with Gasteiger partial charge in [-0.15, -0.1) is 0 Å². The lowest BCUT2D eigenvalue weighted by atomic mass is 10.1. The number of anilines is 1. The van der Waals surface area contributed by atoms with Crippen LogP contribution in [-0.4, -0.2) is 35.6 Å². The topological polar surface area (TPSA) is 109 Å². The molecule has 158 valence electrons. The molecule has 9 heteroatoms. The first kappa shape index (κ1) is 20.1. The summed E-state index contributed by atoms with van der Waals surface area (Å²) in [5, 5.41) is 7.03. The second kappa shape index (κ2) is 8.31. The lowest BCUT2D eigenvalue weighted by molar-refractivity contribution is -0.119. The Balaban J connectivity index is 1.61. The predicted octanol–water partition coefficient (Wildman–Crippen LogP) is 2.63. The molecule has 0 spiro atoms. The van der Waals surface area contributed by atoms with Crippen molar-refractivity contribution in [3.63, 3.8) is 0 Å². The van der Waals surface area contributed by atoms with Crippen LogP contribution in [0.5, 0.6) is 11.5 Å². The maximum Gasteiger partial charge on any atom is 0.339 e. The highest BCUT2D eigenvalue weighted by Crippen LogP contribution is 2.35. The minimum Gasteiger partial charge on any atom is -0.465 e. The smallest absolute Gasteiger partial charge is 0.339 e. The molecule has 3 aromatic rings. The fourth-order valence-corrected chi connectivity index (χ4v) is 3.14. The van der Waals surface area contributed by atoms with Crippen molar-refractivity contribution in [3.05, 3.63) is 70.5 Å². The molecular weight excluding hydrogens is 402 g/mol. The summed E-state index contributed by atoms with van der Waals surface area (Å²) in [6.07, 6.45) is 0. The van der Waals surface area contributed by atoms with Crippen LogP contribution in [0.15, 0.2) is 59.4 Å². The van der Waals surface area contributed by atoms with Gasteiger partial charge in [0.1, 0.15) is 6.04 Å². The fraction of sp³-hybridized carbons (Fsp3) is 0.182. The molecule has 0 fully saturated rings. The van der Waals surface area contributed by atoms with Crippen molar-refractivity contribution in [3.8, 4) is 22.8 Å². The summed E-state index contributed by atoms with van der Waals surface area (Å²) in [5.74, 6) is 0.133. The number of fused-ring (bicyclic) bond motifs is 1. The monoisotopic (exact) mass is 421 g/mol. The van der Waals surface area contributed by atoms with Crippen LogP contribution in [0, 0.1) is 0 Å². The number of hydrogen-bond donors (Lipinski definition) is 1. The molecule has 1 N–H and O–H groups in total. The van der Waals surface area contributed by atoms with Gasteiger partial charge in [0.2, 0.25) is 12.7 Å². The van der Waals surface area contributed by atoms with E-state index in [1.807, 2.05) is 0 Å². The van der Waals surface area contributed by atoms with E-state index < -0.39 is 23.5 Å². The van der Waals surface area contributed by atoms with Crippen molar-refractivity contribution >= 4 is 17.6 Å². The average Bonchev–Trinajstić information content (AvgIpc) is 3.26. The van der Waals surface area contributed by atoms with E-state index in [0.29, 0.717) is 22.8 Å². The van der Waals surface area contributed by atoms with E-state index in [0.717, 1.165) is 4.68 Å². The van der Waals surface area contributed by atoms with E-state index in [4.69, 9.17) is 14.2 Å². The number of benzene rings is 2. The van der Waals surface area contributed by atoms with Crippen LogP contribution in [0.25, 0.3) is 11.3 Å². The summed E-state index contributed by atoms with van der Waals surface area (Å²) in [4.78, 5) is 37.2. The van der Waals surface area contributed by atoms with Crippen LogP contribution in [0.1, 0.15) is 23.3 Å². The van der Waals surface area contributed by atoms with Gasteiger partial charge in [0.05, 0.1) is 24.1 Å². The zero-order valence-electron chi connectivity index (χ0n) is 16.8. The van der Waals surface area contributed by atoms with Crippen LogP contribution in [-0.2, 0) is 9.53 Å². The third-order valence-electron chi connectivity index (χ3n) is 4.83. The summed E-state index contributed by atoms with van der Waals surface area (Å²) in [5.41, 5.74) is 1.26. The van der Waals surface area contributed by atoms with Gasteiger partial charge in [0.15, 0.2) is 11.5 Å². The van der Waals surface area contributed by atoms with E-state index in [1.165, 1.54) is 19.2 Å². The van der Waals surface area contributed by atoms with E-state index in [9.17, 15) is 14.4 Å². The number of aromatic nitrogens is 2. The number of amides is 1. The normalized spacial score (nSPS) is 12.8. The van der Waals surface area contributed by atoms with E-state index >= 15 is 0 Å². The molecule has 1 unspecified atom stereocenters. The van der Waals surface area contributed by atoms with Gasteiger partial charge in [-0.05, 0) is 43.3 Å². The molecule has 0 radical (unpaired) electrons. The van der Waals surface area contributed by atoms with Crippen molar-refractivity contribution < 1.29 is 23.8 Å². The Bertz CT molecular complexity index is 1220. The molecule has 4 rings (SSSR count). The van der Waals surface area contributed by atoms with Gasteiger partial charge in [0.25, 0.3) is 5.56 Å². The number of nitrogens with one attached hydrogen (secondary N) is 1. The Morgan fingerprint density at radius 1 is 1.10 bits per heavy atom. The van der Waals surface area contributed by atoms with Crippen LogP contribution in [0.2, 0.25) is 0 Å². The predicted molar refractivity (Wildman–Crippen MR) is 111 cm³/mol. The number of carbonyl (C=O) groups is 2. The van der Waals surface area contributed by atoms with Gasteiger partial charge >= 0.3 is 5.97 Å².